The summed E-state index contributed by atoms with van der Waals surface area (Å²) in [5, 5.41) is 4.13. The van der Waals surface area contributed by atoms with E-state index < -0.39 is 0 Å². The molecule has 0 aliphatic rings. The first-order valence-corrected chi connectivity index (χ1v) is 13.1. The molecule has 3 heterocycles. The summed E-state index contributed by atoms with van der Waals surface area (Å²) in [6.07, 6.45) is 6.21. The number of anilines is 2. The van der Waals surface area contributed by atoms with Crippen molar-refractivity contribution in [1.82, 2.24) is 24.5 Å². The summed E-state index contributed by atoms with van der Waals surface area (Å²) in [4.78, 5) is 32.1. The number of fused-ring (bicyclic) bond motifs is 1. The van der Waals surface area contributed by atoms with Gasteiger partial charge >= 0.3 is 0 Å². The highest BCUT2D eigenvalue weighted by atomic mass is 16.5. The van der Waals surface area contributed by atoms with E-state index in [1.165, 1.54) is 0 Å². The fourth-order valence-electron chi connectivity index (χ4n) is 4.69. The van der Waals surface area contributed by atoms with Gasteiger partial charge < -0.3 is 15.8 Å². The number of pyridine rings is 1. The van der Waals surface area contributed by atoms with Gasteiger partial charge in [-0.1, -0.05) is 43.3 Å². The molecule has 0 fully saturated rings. The zero-order chi connectivity index (χ0) is 28.2. The maximum absolute atomic E-state index is 13.9. The van der Waals surface area contributed by atoms with Gasteiger partial charge in [-0.3, -0.25) is 9.36 Å². The Morgan fingerprint density at radius 1 is 1.00 bits per heavy atom. The molecule has 3 N–H and O–H groups in total. The molecule has 0 radical (unpaired) electrons. The third-order valence-corrected chi connectivity index (χ3v) is 6.74. The molecule has 0 saturated heterocycles. The Morgan fingerprint density at radius 2 is 1.80 bits per heavy atom. The number of aryl methyl sites for hydroxylation is 2. The van der Waals surface area contributed by atoms with E-state index in [4.69, 9.17) is 15.5 Å². The summed E-state index contributed by atoms with van der Waals surface area (Å²) in [5.41, 5.74) is 10.6. The second kappa shape index (κ2) is 11.4. The lowest BCUT2D eigenvalue weighted by atomic mass is 10.1. The van der Waals surface area contributed by atoms with E-state index in [-0.39, 0.29) is 17.5 Å². The largest absolute Gasteiger partial charge is 0.481 e. The molecular weight excluding hydrogens is 502 g/mol. The number of nitrogens with two attached hydrogens (primary N) is 1. The van der Waals surface area contributed by atoms with Crippen LogP contribution in [-0.2, 0) is 0 Å². The number of nitrogen functional groups attached to an aromatic ring is 1. The first-order chi connectivity index (χ1) is 19.4. The fraction of sp³-hybridized carbons (Fsp3) is 0.194. The third kappa shape index (κ3) is 5.26. The predicted octanol–water partition coefficient (Wildman–Crippen LogP) is 5.51. The van der Waals surface area contributed by atoms with Gasteiger partial charge in [0.1, 0.15) is 11.6 Å². The molecule has 40 heavy (non-hydrogen) atoms. The van der Waals surface area contributed by atoms with Crippen LogP contribution in [0.25, 0.3) is 28.7 Å². The van der Waals surface area contributed by atoms with Crippen LogP contribution in [0.4, 0.5) is 11.8 Å². The van der Waals surface area contributed by atoms with E-state index in [0.717, 1.165) is 22.4 Å². The average molecular weight is 534 g/mol. The Kier molecular flexibility index (Phi) is 7.54. The second-order valence-electron chi connectivity index (χ2n) is 9.42. The summed E-state index contributed by atoms with van der Waals surface area (Å²) < 4.78 is 6.84. The second-order valence-corrected chi connectivity index (χ2v) is 9.42. The quantitative estimate of drug-likeness (QED) is 0.268. The third-order valence-electron chi connectivity index (χ3n) is 6.74. The minimum Gasteiger partial charge on any atom is -0.481 e. The zero-order valence-electron chi connectivity index (χ0n) is 22.9. The zero-order valence-corrected chi connectivity index (χ0v) is 22.9. The lowest BCUT2D eigenvalue weighted by Crippen LogP contribution is -2.29. The standard InChI is InChI=1S/C31H31N7O2/c1-5-24(29-36-25-13-9-10-19(2)27(25)30(39)38(29)22-11-7-6-8-12-22)35-28-23(20(3)34-31(32)37-28)16-14-21-15-17-26(40-4)33-18-21/h6-18,24H,5H2,1-4H3,(H3,32,34,35,37)/b16-14+. The van der Waals surface area contributed by atoms with Crippen molar-refractivity contribution in [3.8, 4) is 11.6 Å². The van der Waals surface area contributed by atoms with Gasteiger partial charge in [0.05, 0.1) is 35.4 Å². The lowest BCUT2D eigenvalue weighted by Gasteiger charge is -2.23. The molecular formula is C31H31N7O2. The molecule has 0 saturated carbocycles. The van der Waals surface area contributed by atoms with E-state index in [0.29, 0.717) is 40.5 Å². The fourth-order valence-corrected chi connectivity index (χ4v) is 4.69. The molecule has 3 aromatic heterocycles. The van der Waals surface area contributed by atoms with Crippen LogP contribution in [0.3, 0.4) is 0 Å². The van der Waals surface area contributed by atoms with Gasteiger partial charge in [-0.05, 0) is 61.7 Å². The highest BCUT2D eigenvalue weighted by Crippen LogP contribution is 2.28. The number of nitrogens with one attached hydrogen (secondary N) is 1. The van der Waals surface area contributed by atoms with Gasteiger partial charge in [-0.25, -0.2) is 15.0 Å². The number of nitrogens with zero attached hydrogens (tertiary/aromatic N) is 5. The van der Waals surface area contributed by atoms with Crippen LogP contribution >= 0.6 is 0 Å². The van der Waals surface area contributed by atoms with Crippen LogP contribution in [0.2, 0.25) is 0 Å². The number of benzene rings is 2. The highest BCUT2D eigenvalue weighted by molar-refractivity contribution is 5.82. The molecule has 0 spiro atoms. The molecule has 1 unspecified atom stereocenters. The van der Waals surface area contributed by atoms with Crippen molar-refractivity contribution in [3.63, 3.8) is 0 Å². The monoisotopic (exact) mass is 533 g/mol. The van der Waals surface area contributed by atoms with Gasteiger partial charge in [-0.2, -0.15) is 4.98 Å². The minimum atomic E-state index is -0.360. The summed E-state index contributed by atoms with van der Waals surface area (Å²) >= 11 is 0. The van der Waals surface area contributed by atoms with Crippen molar-refractivity contribution >= 4 is 34.8 Å². The number of hydrogen-bond donors (Lipinski definition) is 2. The van der Waals surface area contributed by atoms with Gasteiger partial charge in [0.2, 0.25) is 11.8 Å². The van der Waals surface area contributed by atoms with Gasteiger partial charge in [0.15, 0.2) is 0 Å². The Hall–Kier alpha value is -5.05. The summed E-state index contributed by atoms with van der Waals surface area (Å²) in [7, 11) is 1.58. The molecule has 9 heteroatoms. The van der Waals surface area contributed by atoms with Crippen LogP contribution < -0.4 is 21.3 Å². The van der Waals surface area contributed by atoms with E-state index in [1.54, 1.807) is 23.9 Å². The van der Waals surface area contributed by atoms with Crippen LogP contribution in [-0.4, -0.2) is 31.6 Å². The molecule has 2 aromatic carbocycles. The highest BCUT2D eigenvalue weighted by Gasteiger charge is 2.22. The average Bonchev–Trinajstić information content (AvgIpc) is 2.96. The maximum Gasteiger partial charge on any atom is 0.266 e. The lowest BCUT2D eigenvalue weighted by molar-refractivity contribution is 0.398. The first kappa shape index (κ1) is 26.6. The molecule has 1 atom stereocenters. The van der Waals surface area contributed by atoms with E-state index in [1.807, 2.05) is 87.5 Å². The molecule has 202 valence electrons. The summed E-state index contributed by atoms with van der Waals surface area (Å²) in [6, 6.07) is 18.6. The summed E-state index contributed by atoms with van der Waals surface area (Å²) in [6.45, 7) is 5.85. The van der Waals surface area contributed by atoms with Gasteiger partial charge in [-0.15, -0.1) is 0 Å². The van der Waals surface area contributed by atoms with Crippen LogP contribution in [0, 0.1) is 13.8 Å². The van der Waals surface area contributed by atoms with Crippen LogP contribution in [0.1, 0.15) is 47.6 Å². The number of hydrogen-bond acceptors (Lipinski definition) is 8. The predicted molar refractivity (Wildman–Crippen MR) is 160 cm³/mol. The molecule has 5 rings (SSSR count). The SMILES string of the molecule is CCC(Nc1nc(N)nc(C)c1/C=C/c1ccc(OC)nc1)c1nc2cccc(C)c2c(=O)n1-c1ccccc1. The normalized spacial score (nSPS) is 12.1. The van der Waals surface area contributed by atoms with E-state index in [9.17, 15) is 4.79 Å². The van der Waals surface area contributed by atoms with Crippen molar-refractivity contribution in [3.05, 3.63) is 105 Å². The molecule has 0 bridgehead atoms. The molecule has 0 aliphatic carbocycles. The van der Waals surface area contributed by atoms with Crippen molar-refractivity contribution in [2.45, 2.75) is 33.2 Å². The van der Waals surface area contributed by atoms with Crippen molar-refractivity contribution < 1.29 is 4.74 Å². The number of rotatable bonds is 8. The number of aromatic nitrogens is 5. The Balaban J connectivity index is 1.62. The Morgan fingerprint density at radius 3 is 2.50 bits per heavy atom. The van der Waals surface area contributed by atoms with Crippen molar-refractivity contribution in [1.29, 1.82) is 0 Å². The van der Waals surface area contributed by atoms with Crippen LogP contribution in [0.5, 0.6) is 5.88 Å². The van der Waals surface area contributed by atoms with E-state index >= 15 is 0 Å². The smallest absolute Gasteiger partial charge is 0.266 e. The number of ether oxygens (including phenoxy) is 1. The van der Waals surface area contributed by atoms with Gasteiger partial charge in [0.25, 0.3) is 5.56 Å². The Bertz CT molecular complexity index is 1750. The molecule has 0 aliphatic heterocycles. The molecule has 9 nitrogen and oxygen atoms in total. The molecule has 5 aromatic rings. The number of para-hydroxylation sites is 1. The topological polar surface area (TPSA) is 121 Å². The maximum atomic E-state index is 13.9. The molecule has 0 amide bonds. The van der Waals surface area contributed by atoms with Crippen molar-refractivity contribution in [2.24, 2.45) is 0 Å². The summed E-state index contributed by atoms with van der Waals surface area (Å²) in [5.74, 6) is 1.83. The van der Waals surface area contributed by atoms with Crippen LogP contribution in [0.15, 0.2) is 71.7 Å². The Labute approximate surface area is 232 Å². The first-order valence-electron chi connectivity index (χ1n) is 13.1. The number of methoxy groups -OCH3 is 1. The van der Waals surface area contributed by atoms with E-state index in [2.05, 4.69) is 20.3 Å². The minimum absolute atomic E-state index is 0.116. The van der Waals surface area contributed by atoms with Gasteiger partial charge in [0, 0.05) is 17.8 Å². The van der Waals surface area contributed by atoms with Crippen molar-refractivity contribution in [2.75, 3.05) is 18.2 Å².